The second-order valence-corrected chi connectivity index (χ2v) is 12.6. The molecule has 38 heavy (non-hydrogen) atoms. The molecule has 202 valence electrons. The van der Waals surface area contributed by atoms with E-state index < -0.39 is 0 Å². The molecule has 5 atom stereocenters. The molecule has 1 aromatic rings. The molecule has 9 nitrogen and oxygen atoms in total. The van der Waals surface area contributed by atoms with E-state index in [4.69, 9.17) is 11.6 Å². The predicted molar refractivity (Wildman–Crippen MR) is 145 cm³/mol. The van der Waals surface area contributed by atoms with Gasteiger partial charge in [0.2, 0.25) is 5.91 Å². The van der Waals surface area contributed by atoms with Crippen LogP contribution < -0.4 is 21.3 Å². The molecule has 4 N–H and O–H groups in total. The molecule has 5 aliphatic rings. The highest BCUT2D eigenvalue weighted by Crippen LogP contribution is 2.30. The summed E-state index contributed by atoms with van der Waals surface area (Å²) in [7, 11) is 2.06. The first kappa shape index (κ1) is 25.6. The minimum atomic E-state index is -0.378. The molecular formula is C27H33ClN6O3S. The van der Waals surface area contributed by atoms with Crippen molar-refractivity contribution in [3.63, 3.8) is 0 Å². The number of rotatable bonds is 6. The number of thiazole rings is 1. The lowest BCUT2D eigenvalue weighted by Gasteiger charge is -2.36. The van der Waals surface area contributed by atoms with Crippen molar-refractivity contribution in [3.8, 4) is 0 Å². The summed E-state index contributed by atoms with van der Waals surface area (Å²) in [6, 6.07) is -0.381. The third kappa shape index (κ3) is 5.53. The minimum absolute atomic E-state index is 0.00517. The van der Waals surface area contributed by atoms with Crippen molar-refractivity contribution in [2.75, 3.05) is 13.6 Å². The minimum Gasteiger partial charge on any atom is -0.374 e. The highest BCUT2D eigenvalue weighted by Gasteiger charge is 2.39. The molecule has 1 aromatic heterocycles. The fourth-order valence-electron chi connectivity index (χ4n) is 5.71. The van der Waals surface area contributed by atoms with Crippen LogP contribution in [0.2, 0.25) is 0 Å². The van der Waals surface area contributed by atoms with E-state index in [-0.39, 0.29) is 53.7 Å². The zero-order valence-corrected chi connectivity index (χ0v) is 22.9. The molecular weight excluding hydrogens is 524 g/mol. The molecule has 3 amide bonds. The van der Waals surface area contributed by atoms with Gasteiger partial charge >= 0.3 is 0 Å². The third-order valence-corrected chi connectivity index (χ3v) is 9.38. The highest BCUT2D eigenvalue weighted by atomic mass is 35.5. The SMILES string of the molecule is CN1CCc2nc(C(=O)N[C@@H]3C[C@@H](C(=O)NC4CC4)CC[C@@H]3NC(=O)C3=CC4C=C(Cl)C=CC4N3)sc2C1. The first-order valence-electron chi connectivity index (χ1n) is 13.5. The molecule has 2 unspecified atom stereocenters. The smallest absolute Gasteiger partial charge is 0.280 e. The number of fused-ring (bicyclic) bond motifs is 2. The molecule has 6 rings (SSSR count). The number of hydrogen-bond acceptors (Lipinski definition) is 7. The van der Waals surface area contributed by atoms with Crippen LogP contribution in [0.25, 0.3) is 0 Å². The maximum absolute atomic E-state index is 13.3. The Bertz CT molecular complexity index is 1240. The Morgan fingerprint density at radius 2 is 1.89 bits per heavy atom. The summed E-state index contributed by atoms with van der Waals surface area (Å²) < 4.78 is 0. The number of hydrogen-bond donors (Lipinski definition) is 4. The van der Waals surface area contributed by atoms with Crippen molar-refractivity contribution in [2.24, 2.45) is 11.8 Å². The van der Waals surface area contributed by atoms with Gasteiger partial charge in [-0.1, -0.05) is 23.8 Å². The van der Waals surface area contributed by atoms with Crippen LogP contribution >= 0.6 is 22.9 Å². The third-order valence-electron chi connectivity index (χ3n) is 8.05. The van der Waals surface area contributed by atoms with Crippen LogP contribution in [0, 0.1) is 11.8 Å². The number of halogens is 1. The lowest BCUT2D eigenvalue weighted by molar-refractivity contribution is -0.126. The van der Waals surface area contributed by atoms with Gasteiger partial charge in [-0.05, 0) is 51.3 Å². The Kier molecular flexibility index (Phi) is 7.05. The van der Waals surface area contributed by atoms with Crippen molar-refractivity contribution < 1.29 is 14.4 Å². The topological polar surface area (TPSA) is 115 Å². The van der Waals surface area contributed by atoms with E-state index in [0.717, 1.165) is 42.9 Å². The standard InChI is InChI=1S/C27H33ClN6O3S/c1-34-9-8-20-23(13-34)38-27(33-20)26(37)32-21-11-14(24(35)29-17-4-5-17)2-6-19(21)31-25(36)22-12-15-10-16(28)3-7-18(15)30-22/h3,7,10,12,14-15,17-19,21,30H,2,4-6,8-9,11,13H2,1H3,(H,29,35)(H,31,36)(H,32,37)/t14-,15?,18?,19-,21+/m0/s1. The van der Waals surface area contributed by atoms with Crippen LogP contribution in [-0.4, -0.2) is 65.4 Å². The molecule has 3 heterocycles. The second kappa shape index (κ2) is 10.5. The second-order valence-electron chi connectivity index (χ2n) is 11.1. The molecule has 0 aromatic carbocycles. The lowest BCUT2D eigenvalue weighted by atomic mass is 9.81. The van der Waals surface area contributed by atoms with Crippen LogP contribution in [-0.2, 0) is 22.6 Å². The number of amides is 3. The molecule has 11 heteroatoms. The average molecular weight is 557 g/mol. The van der Waals surface area contributed by atoms with E-state index >= 15 is 0 Å². The molecule has 0 spiro atoms. The largest absolute Gasteiger partial charge is 0.374 e. The fourth-order valence-corrected chi connectivity index (χ4v) is 7.02. The molecule has 2 aliphatic heterocycles. The number of allylic oxidation sites excluding steroid dienone is 2. The van der Waals surface area contributed by atoms with Gasteiger partial charge in [0.15, 0.2) is 5.01 Å². The van der Waals surface area contributed by atoms with E-state index in [1.807, 2.05) is 24.3 Å². The summed E-state index contributed by atoms with van der Waals surface area (Å²) in [5.74, 6) is -0.579. The quantitative estimate of drug-likeness (QED) is 0.426. The van der Waals surface area contributed by atoms with Gasteiger partial charge in [0.05, 0.1) is 23.5 Å². The van der Waals surface area contributed by atoms with Crippen molar-refractivity contribution >= 4 is 40.7 Å². The zero-order chi connectivity index (χ0) is 26.4. The molecule has 2 fully saturated rings. The number of nitrogens with zero attached hydrogens (tertiary/aromatic N) is 2. The van der Waals surface area contributed by atoms with Crippen LogP contribution in [0.5, 0.6) is 0 Å². The number of carbonyl (C=O) groups is 3. The maximum atomic E-state index is 13.3. The lowest BCUT2D eigenvalue weighted by Crippen LogP contribution is -2.56. The van der Waals surface area contributed by atoms with Crippen LogP contribution in [0.15, 0.2) is 35.0 Å². The predicted octanol–water partition coefficient (Wildman–Crippen LogP) is 1.96. The first-order valence-corrected chi connectivity index (χ1v) is 14.6. The zero-order valence-electron chi connectivity index (χ0n) is 21.3. The van der Waals surface area contributed by atoms with Gasteiger partial charge in [-0.3, -0.25) is 14.4 Å². The Morgan fingerprint density at radius 1 is 1.08 bits per heavy atom. The van der Waals surface area contributed by atoms with Gasteiger partial charge in [0.1, 0.15) is 0 Å². The Labute approximate surface area is 231 Å². The van der Waals surface area contributed by atoms with E-state index in [1.165, 1.54) is 11.3 Å². The first-order chi connectivity index (χ1) is 18.3. The average Bonchev–Trinajstić information content (AvgIpc) is 3.43. The van der Waals surface area contributed by atoms with Gasteiger partial charge in [0.25, 0.3) is 11.8 Å². The molecule has 2 saturated carbocycles. The monoisotopic (exact) mass is 556 g/mol. The molecule has 3 aliphatic carbocycles. The Morgan fingerprint density at radius 3 is 2.71 bits per heavy atom. The highest BCUT2D eigenvalue weighted by molar-refractivity contribution is 7.13. The molecule has 0 saturated heterocycles. The van der Waals surface area contributed by atoms with Gasteiger partial charge in [0, 0.05) is 53.3 Å². The van der Waals surface area contributed by atoms with Crippen molar-refractivity contribution in [1.82, 2.24) is 31.2 Å². The van der Waals surface area contributed by atoms with E-state index in [9.17, 15) is 14.4 Å². The van der Waals surface area contributed by atoms with Crippen LogP contribution in [0.1, 0.15) is 52.5 Å². The Hall–Kier alpha value is -2.69. The summed E-state index contributed by atoms with van der Waals surface area (Å²) in [5.41, 5.74) is 1.50. The summed E-state index contributed by atoms with van der Waals surface area (Å²) in [6.07, 6.45) is 12.2. The van der Waals surface area contributed by atoms with E-state index in [0.29, 0.717) is 35.0 Å². The number of carbonyl (C=O) groups excluding carboxylic acids is 3. The maximum Gasteiger partial charge on any atom is 0.280 e. The summed E-state index contributed by atoms with van der Waals surface area (Å²) in [5, 5.41) is 13.7. The number of likely N-dealkylation sites (N-methyl/N-ethyl adjacent to an activating group) is 1. The Balaban J connectivity index is 1.15. The normalized spacial score (nSPS) is 30.3. The van der Waals surface area contributed by atoms with Gasteiger partial charge in [-0.15, -0.1) is 11.3 Å². The summed E-state index contributed by atoms with van der Waals surface area (Å²) in [4.78, 5) is 47.4. The van der Waals surface area contributed by atoms with E-state index in [1.54, 1.807) is 0 Å². The fraction of sp³-hybridized carbons (Fsp3) is 0.556. The van der Waals surface area contributed by atoms with Crippen molar-refractivity contribution in [2.45, 2.75) is 69.2 Å². The van der Waals surface area contributed by atoms with Crippen molar-refractivity contribution in [3.05, 3.63) is 50.6 Å². The summed E-state index contributed by atoms with van der Waals surface area (Å²) >= 11 is 7.57. The molecule has 0 bridgehead atoms. The van der Waals surface area contributed by atoms with E-state index in [2.05, 4.69) is 38.2 Å². The van der Waals surface area contributed by atoms with Gasteiger partial charge in [-0.2, -0.15) is 0 Å². The van der Waals surface area contributed by atoms with Gasteiger partial charge < -0.3 is 26.2 Å². The number of aromatic nitrogens is 1. The molecule has 0 radical (unpaired) electrons. The van der Waals surface area contributed by atoms with Gasteiger partial charge in [-0.25, -0.2) is 4.98 Å². The van der Waals surface area contributed by atoms with Crippen LogP contribution in [0.3, 0.4) is 0 Å². The van der Waals surface area contributed by atoms with Crippen molar-refractivity contribution in [1.29, 1.82) is 0 Å². The van der Waals surface area contributed by atoms with Crippen LogP contribution in [0.4, 0.5) is 0 Å². The number of nitrogens with one attached hydrogen (secondary N) is 4. The summed E-state index contributed by atoms with van der Waals surface area (Å²) in [6.45, 7) is 1.72.